The molecule has 142 valence electrons. The number of anilines is 1. The maximum atomic E-state index is 12.7. The smallest absolute Gasteiger partial charge is 0.257 e. The van der Waals surface area contributed by atoms with Gasteiger partial charge in [-0.2, -0.15) is 0 Å². The molecule has 6 heteroatoms. The molecule has 1 fully saturated rings. The first-order valence-electron chi connectivity index (χ1n) is 9.71. The number of rotatable bonds is 5. The number of piperazine rings is 1. The monoisotopic (exact) mass is 366 g/mol. The van der Waals surface area contributed by atoms with Crippen LogP contribution in [0.5, 0.6) is 5.75 Å². The zero-order chi connectivity index (χ0) is 18.5. The lowest BCUT2D eigenvalue weighted by atomic mass is 10.1. The van der Waals surface area contributed by atoms with Gasteiger partial charge in [-0.1, -0.05) is 18.2 Å². The van der Waals surface area contributed by atoms with Crippen molar-refractivity contribution >= 4 is 11.7 Å². The van der Waals surface area contributed by atoms with Crippen molar-refractivity contribution in [2.75, 3.05) is 57.3 Å². The van der Waals surface area contributed by atoms with Gasteiger partial charge < -0.3 is 14.5 Å². The van der Waals surface area contributed by atoms with Crippen molar-refractivity contribution in [3.05, 3.63) is 54.2 Å². The topological polar surface area (TPSA) is 48.9 Å². The van der Waals surface area contributed by atoms with Crippen LogP contribution in [0.4, 0.5) is 5.82 Å². The van der Waals surface area contributed by atoms with E-state index in [4.69, 9.17) is 4.74 Å². The number of benzene rings is 1. The first kappa shape index (κ1) is 17.8. The zero-order valence-electron chi connectivity index (χ0n) is 15.6. The molecule has 1 saturated heterocycles. The van der Waals surface area contributed by atoms with E-state index >= 15 is 0 Å². The highest BCUT2D eigenvalue weighted by atomic mass is 16.5. The molecule has 1 amide bonds. The van der Waals surface area contributed by atoms with Gasteiger partial charge in [0.2, 0.25) is 0 Å². The highest BCUT2D eigenvalue weighted by molar-refractivity contribution is 5.97. The van der Waals surface area contributed by atoms with E-state index in [2.05, 4.69) is 20.9 Å². The van der Waals surface area contributed by atoms with Gasteiger partial charge in [0.1, 0.15) is 18.2 Å². The van der Waals surface area contributed by atoms with E-state index in [1.165, 1.54) is 0 Å². The number of carbonyl (C=O) groups is 1. The van der Waals surface area contributed by atoms with E-state index < -0.39 is 0 Å². The number of ether oxygens (including phenoxy) is 1. The van der Waals surface area contributed by atoms with Gasteiger partial charge in [0, 0.05) is 38.9 Å². The molecule has 0 radical (unpaired) electrons. The van der Waals surface area contributed by atoms with E-state index in [0.717, 1.165) is 51.5 Å². The summed E-state index contributed by atoms with van der Waals surface area (Å²) in [5, 5.41) is 0. The lowest BCUT2D eigenvalue weighted by Crippen LogP contribution is -2.47. The standard InChI is InChI=1S/C21H26N4O2/c26-21-18-6-1-2-7-19(18)27-17-16-25(21)11-5-10-23-12-14-24(15-13-23)20-8-3-4-9-22-20/h1-4,6-9H,5,10-17H2. The van der Waals surface area contributed by atoms with Gasteiger partial charge >= 0.3 is 0 Å². The second-order valence-electron chi connectivity index (χ2n) is 7.01. The Labute approximate surface area is 160 Å². The predicted octanol–water partition coefficient (Wildman–Crippen LogP) is 2.13. The third kappa shape index (κ3) is 4.22. The highest BCUT2D eigenvalue weighted by Crippen LogP contribution is 2.22. The minimum absolute atomic E-state index is 0.0862. The fourth-order valence-corrected chi connectivity index (χ4v) is 3.75. The highest BCUT2D eigenvalue weighted by Gasteiger charge is 2.23. The summed E-state index contributed by atoms with van der Waals surface area (Å²) in [4.78, 5) is 23.9. The Bertz CT molecular complexity index is 760. The van der Waals surface area contributed by atoms with Gasteiger partial charge in [-0.3, -0.25) is 9.69 Å². The van der Waals surface area contributed by atoms with E-state index in [0.29, 0.717) is 24.5 Å². The molecular weight excluding hydrogens is 340 g/mol. The number of fused-ring (bicyclic) bond motifs is 1. The van der Waals surface area contributed by atoms with E-state index in [-0.39, 0.29) is 5.91 Å². The van der Waals surface area contributed by atoms with E-state index in [1.807, 2.05) is 47.5 Å². The van der Waals surface area contributed by atoms with Gasteiger partial charge in [0.25, 0.3) is 5.91 Å². The van der Waals surface area contributed by atoms with Crippen LogP contribution in [0.3, 0.4) is 0 Å². The first-order chi connectivity index (χ1) is 13.3. The molecular formula is C21H26N4O2. The third-order valence-corrected chi connectivity index (χ3v) is 5.27. The lowest BCUT2D eigenvalue weighted by molar-refractivity contribution is 0.0747. The van der Waals surface area contributed by atoms with Crippen molar-refractivity contribution in [1.29, 1.82) is 0 Å². The fraction of sp³-hybridized carbons (Fsp3) is 0.429. The molecule has 0 unspecified atom stereocenters. The maximum absolute atomic E-state index is 12.7. The Morgan fingerprint density at radius 2 is 1.74 bits per heavy atom. The van der Waals surface area contributed by atoms with Crippen LogP contribution in [-0.2, 0) is 0 Å². The third-order valence-electron chi connectivity index (χ3n) is 5.27. The summed E-state index contributed by atoms with van der Waals surface area (Å²) in [6, 6.07) is 13.6. The van der Waals surface area contributed by atoms with Gasteiger partial charge in [0.15, 0.2) is 0 Å². The number of para-hydroxylation sites is 1. The number of pyridine rings is 1. The summed E-state index contributed by atoms with van der Waals surface area (Å²) in [7, 11) is 0. The summed E-state index contributed by atoms with van der Waals surface area (Å²) in [6.07, 6.45) is 2.83. The number of hydrogen-bond acceptors (Lipinski definition) is 5. The van der Waals surface area contributed by atoms with Gasteiger partial charge in [-0.05, 0) is 37.2 Å². The van der Waals surface area contributed by atoms with Crippen LogP contribution >= 0.6 is 0 Å². The SMILES string of the molecule is O=C1c2ccccc2OCCN1CCCN1CCN(c2ccccn2)CC1. The molecule has 0 saturated carbocycles. The van der Waals surface area contributed by atoms with Crippen LogP contribution < -0.4 is 9.64 Å². The van der Waals surface area contributed by atoms with Crippen molar-refractivity contribution in [1.82, 2.24) is 14.8 Å². The normalized spacial score (nSPS) is 18.0. The quantitative estimate of drug-likeness (QED) is 0.811. The summed E-state index contributed by atoms with van der Waals surface area (Å²) >= 11 is 0. The first-order valence-corrected chi connectivity index (χ1v) is 9.71. The minimum Gasteiger partial charge on any atom is -0.491 e. The molecule has 2 aliphatic heterocycles. The predicted molar refractivity (Wildman–Crippen MR) is 105 cm³/mol. The number of amides is 1. The van der Waals surface area contributed by atoms with Crippen molar-refractivity contribution < 1.29 is 9.53 Å². The summed E-state index contributed by atoms with van der Waals surface area (Å²) in [6.45, 7) is 7.08. The molecule has 2 aliphatic rings. The van der Waals surface area contributed by atoms with Crippen LogP contribution in [0.1, 0.15) is 16.8 Å². The van der Waals surface area contributed by atoms with Crippen molar-refractivity contribution in [3.8, 4) is 5.75 Å². The summed E-state index contributed by atoms with van der Waals surface area (Å²) < 4.78 is 5.71. The van der Waals surface area contributed by atoms with E-state index in [9.17, 15) is 4.79 Å². The Balaban J connectivity index is 1.24. The Morgan fingerprint density at radius 1 is 0.926 bits per heavy atom. The largest absolute Gasteiger partial charge is 0.491 e. The van der Waals surface area contributed by atoms with Crippen LogP contribution in [0.2, 0.25) is 0 Å². The Kier molecular flexibility index (Phi) is 5.53. The molecule has 1 aromatic heterocycles. The molecule has 0 bridgehead atoms. The van der Waals surface area contributed by atoms with Crippen LogP contribution in [0.25, 0.3) is 0 Å². The van der Waals surface area contributed by atoms with Crippen LogP contribution in [0.15, 0.2) is 48.7 Å². The Morgan fingerprint density at radius 3 is 2.56 bits per heavy atom. The molecule has 1 aromatic carbocycles. The number of aromatic nitrogens is 1. The maximum Gasteiger partial charge on any atom is 0.257 e. The minimum atomic E-state index is 0.0862. The Hall–Kier alpha value is -2.60. The molecule has 0 atom stereocenters. The molecule has 0 N–H and O–H groups in total. The molecule has 0 aliphatic carbocycles. The van der Waals surface area contributed by atoms with Crippen LogP contribution in [-0.4, -0.2) is 73.1 Å². The molecule has 3 heterocycles. The van der Waals surface area contributed by atoms with Crippen molar-refractivity contribution in [2.45, 2.75) is 6.42 Å². The average Bonchev–Trinajstić information content (AvgIpc) is 2.89. The summed E-state index contributed by atoms with van der Waals surface area (Å²) in [5.74, 6) is 1.85. The second kappa shape index (κ2) is 8.39. The molecule has 4 rings (SSSR count). The average molecular weight is 366 g/mol. The van der Waals surface area contributed by atoms with Crippen LogP contribution in [0, 0.1) is 0 Å². The number of hydrogen-bond donors (Lipinski definition) is 0. The van der Waals surface area contributed by atoms with Gasteiger partial charge in [0.05, 0.1) is 12.1 Å². The number of carbonyl (C=O) groups excluding carboxylic acids is 1. The molecule has 2 aromatic rings. The second-order valence-corrected chi connectivity index (χ2v) is 7.01. The van der Waals surface area contributed by atoms with Crippen molar-refractivity contribution in [2.24, 2.45) is 0 Å². The molecule has 0 spiro atoms. The molecule has 27 heavy (non-hydrogen) atoms. The van der Waals surface area contributed by atoms with Gasteiger partial charge in [-0.15, -0.1) is 0 Å². The number of nitrogens with zero attached hydrogens (tertiary/aromatic N) is 4. The van der Waals surface area contributed by atoms with Gasteiger partial charge in [-0.25, -0.2) is 4.98 Å². The van der Waals surface area contributed by atoms with Crippen molar-refractivity contribution in [3.63, 3.8) is 0 Å². The fourth-order valence-electron chi connectivity index (χ4n) is 3.75. The zero-order valence-corrected chi connectivity index (χ0v) is 15.6. The summed E-state index contributed by atoms with van der Waals surface area (Å²) in [5.41, 5.74) is 0.680. The lowest BCUT2D eigenvalue weighted by Gasteiger charge is -2.35. The van der Waals surface area contributed by atoms with E-state index in [1.54, 1.807) is 0 Å². The molecule has 6 nitrogen and oxygen atoms in total.